The summed E-state index contributed by atoms with van der Waals surface area (Å²) in [7, 11) is 0. The quantitative estimate of drug-likeness (QED) is 0.0149. The van der Waals surface area contributed by atoms with Crippen LogP contribution in [-0.4, -0.2) is 99.6 Å². The summed E-state index contributed by atoms with van der Waals surface area (Å²) < 4.78 is 17.6. The molecule has 0 aromatic heterocycles. The smallest absolute Gasteiger partial charge is 0.306 e. The highest BCUT2D eigenvalue weighted by molar-refractivity contribution is 5.80. The van der Waals surface area contributed by atoms with E-state index >= 15 is 0 Å². The monoisotopic (exact) mass is 1100 g/mol. The molecule has 1 aliphatic rings. The standard InChI is InChI=1S/C68H109NO10/c1-4-7-10-13-16-19-22-25-27-29-30-31-33-34-37-40-43-46-49-52-55-61(72)67(76)69-59(60(71)54-51-48-45-42-39-36-24-21-18-15-12-9-6-3)58-77-68-66(65(75)64(74)62(57-70)78-68)79-63(73)56-53-50-47-44-41-38-35-32-28-26-23-20-17-14-11-8-5-2/h7-8,10-11,14,16-17,19-20,23,25-28,30-32,34-35,37-38,41,51,54,59-62,64-66,68,70-72,74-75H,4-6,9,12-13,15,18,21-22,24,29,33,36,39-40,42-50,52-53,55-58H2,1-3H3,(H,69,76)/b10-7-,11-8-,17-14+,19-16-,23-20+,27-25-,28-26-,31-30-,35-32+,37-34-,41-38+,54-51+. The van der Waals surface area contributed by atoms with E-state index in [4.69, 9.17) is 14.2 Å². The van der Waals surface area contributed by atoms with Crippen molar-refractivity contribution >= 4 is 11.9 Å². The van der Waals surface area contributed by atoms with E-state index < -0.39 is 67.4 Å². The number of allylic oxidation sites excluding steroid dienone is 23. The first-order valence-electron chi connectivity index (χ1n) is 30.7. The minimum Gasteiger partial charge on any atom is -0.454 e. The number of nitrogens with one attached hydrogen (secondary N) is 1. The second-order valence-corrected chi connectivity index (χ2v) is 20.5. The lowest BCUT2D eigenvalue weighted by Gasteiger charge is -2.41. The largest absolute Gasteiger partial charge is 0.454 e. The number of hydrogen-bond acceptors (Lipinski definition) is 10. The molecule has 446 valence electrons. The van der Waals surface area contributed by atoms with Gasteiger partial charge in [0.1, 0.15) is 24.4 Å². The number of aliphatic hydroxyl groups is 5. The Kier molecular flexibility index (Phi) is 49.7. The van der Waals surface area contributed by atoms with Crippen molar-refractivity contribution in [3.63, 3.8) is 0 Å². The lowest BCUT2D eigenvalue weighted by atomic mass is 9.99. The number of carbonyl (C=O) groups is 2. The van der Waals surface area contributed by atoms with E-state index in [1.807, 2.05) is 66.8 Å². The van der Waals surface area contributed by atoms with Gasteiger partial charge >= 0.3 is 5.97 Å². The lowest BCUT2D eigenvalue weighted by molar-refractivity contribution is -0.305. The Hall–Kier alpha value is -4.46. The van der Waals surface area contributed by atoms with Crippen LogP contribution in [0.25, 0.3) is 0 Å². The van der Waals surface area contributed by atoms with E-state index in [1.165, 1.54) is 51.4 Å². The van der Waals surface area contributed by atoms with Crippen LogP contribution < -0.4 is 5.32 Å². The molecule has 1 rings (SSSR count). The molecule has 1 aliphatic heterocycles. The Balaban J connectivity index is 2.76. The molecule has 1 saturated heterocycles. The van der Waals surface area contributed by atoms with Gasteiger partial charge in [-0.05, 0) is 89.9 Å². The molecular weight excluding hydrogens is 991 g/mol. The third-order valence-corrected chi connectivity index (χ3v) is 13.4. The molecular formula is C68H109NO10. The van der Waals surface area contributed by atoms with Gasteiger partial charge in [0.05, 0.1) is 25.4 Å². The van der Waals surface area contributed by atoms with E-state index in [2.05, 4.69) is 99.0 Å². The van der Waals surface area contributed by atoms with Crippen LogP contribution in [0.15, 0.2) is 146 Å². The topological polar surface area (TPSA) is 175 Å². The van der Waals surface area contributed by atoms with Crippen LogP contribution >= 0.6 is 0 Å². The molecule has 0 radical (unpaired) electrons. The second kappa shape index (κ2) is 54.1. The van der Waals surface area contributed by atoms with Gasteiger partial charge in [-0.3, -0.25) is 9.59 Å². The third-order valence-electron chi connectivity index (χ3n) is 13.4. The summed E-state index contributed by atoms with van der Waals surface area (Å²) in [5.41, 5.74) is 0. The highest BCUT2D eigenvalue weighted by atomic mass is 16.7. The zero-order valence-corrected chi connectivity index (χ0v) is 49.2. The van der Waals surface area contributed by atoms with Crippen molar-refractivity contribution in [2.24, 2.45) is 0 Å². The summed E-state index contributed by atoms with van der Waals surface area (Å²) in [4.78, 5) is 26.5. The zero-order chi connectivity index (χ0) is 57.5. The minimum absolute atomic E-state index is 0.0605. The number of carbonyl (C=O) groups excluding carboxylic acids is 2. The summed E-state index contributed by atoms with van der Waals surface area (Å²) in [5.74, 6) is -1.27. The van der Waals surface area contributed by atoms with Gasteiger partial charge in [0, 0.05) is 6.42 Å². The fraction of sp³-hybridized carbons (Fsp3) is 0.618. The SMILES string of the molecule is CC\C=C/C=C/C=C/C=C\C=C\C=C\CCCCCC(=O)OC1C(OCC(NC(=O)C(O)CCCCCC/C=C\C/C=C\C/C=C\C/C=C\C/C=C\CC)C(O)/C=C/CCCCCCCCCCCCC)OC(CO)C(O)C1O. The molecule has 8 atom stereocenters. The van der Waals surface area contributed by atoms with Gasteiger partial charge in [-0.1, -0.05) is 256 Å². The number of unbranched alkanes of at least 4 members (excludes halogenated alkanes) is 18. The number of aliphatic hydroxyl groups excluding tert-OH is 5. The average Bonchev–Trinajstić information content (AvgIpc) is 3.49. The molecule has 0 saturated carbocycles. The molecule has 0 bridgehead atoms. The maximum atomic E-state index is 13.4. The van der Waals surface area contributed by atoms with Crippen molar-refractivity contribution in [3.05, 3.63) is 146 Å². The average molecular weight is 1100 g/mol. The predicted octanol–water partition coefficient (Wildman–Crippen LogP) is 14.6. The Bertz CT molecular complexity index is 1840. The molecule has 0 aromatic rings. The van der Waals surface area contributed by atoms with E-state index in [9.17, 15) is 35.1 Å². The summed E-state index contributed by atoms with van der Waals surface area (Å²) in [6.45, 7) is 5.47. The highest BCUT2D eigenvalue weighted by Crippen LogP contribution is 2.26. The Morgan fingerprint density at radius 3 is 1.52 bits per heavy atom. The fourth-order valence-corrected chi connectivity index (χ4v) is 8.59. The Morgan fingerprint density at radius 2 is 0.975 bits per heavy atom. The number of amides is 1. The van der Waals surface area contributed by atoms with Crippen molar-refractivity contribution in [1.82, 2.24) is 5.32 Å². The van der Waals surface area contributed by atoms with Crippen LogP contribution in [0.2, 0.25) is 0 Å². The Labute approximate surface area is 479 Å². The number of ether oxygens (including phenoxy) is 3. The van der Waals surface area contributed by atoms with Crippen molar-refractivity contribution in [2.75, 3.05) is 13.2 Å². The maximum Gasteiger partial charge on any atom is 0.306 e. The molecule has 0 aliphatic carbocycles. The van der Waals surface area contributed by atoms with Crippen LogP contribution in [0.4, 0.5) is 0 Å². The Morgan fingerprint density at radius 1 is 0.519 bits per heavy atom. The molecule has 0 aromatic carbocycles. The van der Waals surface area contributed by atoms with E-state index in [0.717, 1.165) is 109 Å². The van der Waals surface area contributed by atoms with Gasteiger partial charge in [-0.2, -0.15) is 0 Å². The molecule has 11 nitrogen and oxygen atoms in total. The van der Waals surface area contributed by atoms with Gasteiger partial charge in [0.15, 0.2) is 12.4 Å². The highest BCUT2D eigenvalue weighted by Gasteiger charge is 2.47. The number of rotatable bonds is 49. The summed E-state index contributed by atoms with van der Waals surface area (Å²) in [6.07, 6.45) is 67.3. The molecule has 0 spiro atoms. The molecule has 79 heavy (non-hydrogen) atoms. The van der Waals surface area contributed by atoms with Gasteiger partial charge in [-0.25, -0.2) is 0 Å². The van der Waals surface area contributed by atoms with Crippen LogP contribution in [0, 0.1) is 0 Å². The lowest BCUT2D eigenvalue weighted by Crippen LogP contribution is -2.61. The zero-order valence-electron chi connectivity index (χ0n) is 49.2. The molecule has 8 unspecified atom stereocenters. The van der Waals surface area contributed by atoms with Gasteiger partial charge in [0.2, 0.25) is 5.91 Å². The fourth-order valence-electron chi connectivity index (χ4n) is 8.59. The van der Waals surface area contributed by atoms with E-state index in [-0.39, 0.29) is 19.4 Å². The first kappa shape index (κ1) is 72.6. The van der Waals surface area contributed by atoms with E-state index in [1.54, 1.807) is 6.08 Å². The summed E-state index contributed by atoms with van der Waals surface area (Å²) in [5, 5.41) is 57.0. The number of esters is 1. The van der Waals surface area contributed by atoms with Crippen molar-refractivity contribution in [2.45, 2.75) is 256 Å². The summed E-state index contributed by atoms with van der Waals surface area (Å²) >= 11 is 0. The van der Waals surface area contributed by atoms with Crippen molar-refractivity contribution < 1.29 is 49.3 Å². The first-order chi connectivity index (χ1) is 38.7. The predicted molar refractivity (Wildman–Crippen MR) is 328 cm³/mol. The molecule has 11 heteroatoms. The van der Waals surface area contributed by atoms with Gasteiger partial charge in [0.25, 0.3) is 0 Å². The van der Waals surface area contributed by atoms with E-state index in [0.29, 0.717) is 12.8 Å². The van der Waals surface area contributed by atoms with Crippen LogP contribution in [0.1, 0.15) is 207 Å². The molecule has 6 N–H and O–H groups in total. The second-order valence-electron chi connectivity index (χ2n) is 20.5. The van der Waals surface area contributed by atoms with Crippen molar-refractivity contribution in [3.8, 4) is 0 Å². The maximum absolute atomic E-state index is 13.4. The van der Waals surface area contributed by atoms with Gasteiger partial charge in [-0.15, -0.1) is 0 Å². The summed E-state index contributed by atoms with van der Waals surface area (Å²) in [6, 6.07) is -1.06. The number of hydrogen-bond donors (Lipinski definition) is 6. The van der Waals surface area contributed by atoms with Crippen LogP contribution in [0.3, 0.4) is 0 Å². The van der Waals surface area contributed by atoms with Crippen LogP contribution in [-0.2, 0) is 23.8 Å². The molecule has 1 fully saturated rings. The van der Waals surface area contributed by atoms with Crippen LogP contribution in [0.5, 0.6) is 0 Å². The normalized spacial score (nSPS) is 19.9. The first-order valence-corrected chi connectivity index (χ1v) is 30.7. The molecule has 1 heterocycles. The van der Waals surface area contributed by atoms with Crippen molar-refractivity contribution in [1.29, 1.82) is 0 Å². The van der Waals surface area contributed by atoms with Gasteiger partial charge < -0.3 is 45.1 Å². The molecule has 1 amide bonds. The third kappa shape index (κ3) is 42.1. The minimum atomic E-state index is -1.65.